The van der Waals surface area contributed by atoms with Gasteiger partial charge in [-0.3, -0.25) is 9.59 Å². The quantitative estimate of drug-likeness (QED) is 0.856. The molecule has 1 fully saturated rings. The van der Waals surface area contributed by atoms with E-state index in [-0.39, 0.29) is 17.7 Å². The van der Waals surface area contributed by atoms with Gasteiger partial charge < -0.3 is 9.80 Å². The Labute approximate surface area is 136 Å². The lowest BCUT2D eigenvalue weighted by Crippen LogP contribution is -2.45. The fourth-order valence-electron chi connectivity index (χ4n) is 3.31. The van der Waals surface area contributed by atoms with E-state index < -0.39 is 0 Å². The molecule has 0 radical (unpaired) electrons. The molecule has 1 atom stereocenters. The Morgan fingerprint density at radius 2 is 1.83 bits per heavy atom. The molecular formula is C19H22N2O2. The Morgan fingerprint density at radius 1 is 1.09 bits per heavy atom. The molecule has 120 valence electrons. The highest BCUT2D eigenvalue weighted by atomic mass is 16.2. The molecule has 0 N–H and O–H groups in total. The summed E-state index contributed by atoms with van der Waals surface area (Å²) in [7, 11) is 3.54. The Bertz CT molecular complexity index is 734. The maximum Gasteiger partial charge on any atom is 0.254 e. The van der Waals surface area contributed by atoms with Crippen molar-refractivity contribution >= 4 is 22.6 Å². The van der Waals surface area contributed by atoms with Crippen LogP contribution in [0.4, 0.5) is 0 Å². The SMILES string of the molecule is CN(C)C(=O)C1CCCN(C(=O)c2cccc3ccccc23)C1. The zero-order valence-corrected chi connectivity index (χ0v) is 13.7. The second kappa shape index (κ2) is 6.41. The number of hydrogen-bond donors (Lipinski definition) is 0. The summed E-state index contributed by atoms with van der Waals surface area (Å²) in [5.41, 5.74) is 0.723. The summed E-state index contributed by atoms with van der Waals surface area (Å²) in [4.78, 5) is 28.6. The number of likely N-dealkylation sites (tertiary alicyclic amines) is 1. The molecule has 3 rings (SSSR count). The molecule has 1 aliphatic heterocycles. The van der Waals surface area contributed by atoms with Crippen LogP contribution in [0.1, 0.15) is 23.2 Å². The molecule has 1 heterocycles. The molecule has 0 bridgehead atoms. The van der Waals surface area contributed by atoms with Crippen LogP contribution in [0.3, 0.4) is 0 Å². The van der Waals surface area contributed by atoms with Crippen molar-refractivity contribution in [2.75, 3.05) is 27.2 Å². The van der Waals surface area contributed by atoms with Gasteiger partial charge in [-0.1, -0.05) is 36.4 Å². The molecule has 2 amide bonds. The summed E-state index contributed by atoms with van der Waals surface area (Å²) >= 11 is 0. The molecule has 1 saturated heterocycles. The molecule has 0 aromatic heterocycles. The molecule has 23 heavy (non-hydrogen) atoms. The summed E-state index contributed by atoms with van der Waals surface area (Å²) in [6, 6.07) is 13.7. The van der Waals surface area contributed by atoms with E-state index >= 15 is 0 Å². The lowest BCUT2D eigenvalue weighted by atomic mass is 9.95. The monoisotopic (exact) mass is 310 g/mol. The minimum atomic E-state index is -0.0855. The predicted molar refractivity (Wildman–Crippen MR) is 91.3 cm³/mol. The summed E-state index contributed by atoms with van der Waals surface area (Å²) in [6.45, 7) is 1.23. The standard InChI is InChI=1S/C19H22N2O2/c1-20(2)18(22)15-9-6-12-21(13-15)19(23)17-11-5-8-14-7-3-4-10-16(14)17/h3-5,7-8,10-11,15H,6,9,12-13H2,1-2H3. The van der Waals surface area contributed by atoms with Crippen LogP contribution in [0.5, 0.6) is 0 Å². The molecule has 0 aliphatic carbocycles. The third-order valence-electron chi connectivity index (χ3n) is 4.52. The fraction of sp³-hybridized carbons (Fsp3) is 0.368. The number of carbonyl (C=O) groups is 2. The lowest BCUT2D eigenvalue weighted by Gasteiger charge is -2.33. The summed E-state index contributed by atoms with van der Waals surface area (Å²) in [5, 5.41) is 2.04. The van der Waals surface area contributed by atoms with Gasteiger partial charge in [0.2, 0.25) is 5.91 Å². The van der Waals surface area contributed by atoms with Gasteiger partial charge in [0.05, 0.1) is 5.92 Å². The van der Waals surface area contributed by atoms with Gasteiger partial charge in [-0.15, -0.1) is 0 Å². The van der Waals surface area contributed by atoms with Crippen molar-refractivity contribution in [1.29, 1.82) is 0 Å². The molecule has 1 unspecified atom stereocenters. The number of rotatable bonds is 2. The second-order valence-corrected chi connectivity index (χ2v) is 6.35. The van der Waals surface area contributed by atoms with Crippen molar-refractivity contribution in [3.8, 4) is 0 Å². The minimum Gasteiger partial charge on any atom is -0.349 e. The molecule has 0 spiro atoms. The van der Waals surface area contributed by atoms with Crippen molar-refractivity contribution < 1.29 is 9.59 Å². The van der Waals surface area contributed by atoms with Gasteiger partial charge in [0.15, 0.2) is 0 Å². The molecule has 4 heteroatoms. The van der Waals surface area contributed by atoms with Crippen molar-refractivity contribution in [2.45, 2.75) is 12.8 Å². The first-order valence-corrected chi connectivity index (χ1v) is 8.06. The van der Waals surface area contributed by atoms with Crippen LogP contribution < -0.4 is 0 Å². The van der Waals surface area contributed by atoms with Crippen LogP contribution >= 0.6 is 0 Å². The third-order valence-corrected chi connectivity index (χ3v) is 4.52. The van der Waals surface area contributed by atoms with E-state index in [2.05, 4.69) is 0 Å². The van der Waals surface area contributed by atoms with Crippen LogP contribution in [-0.2, 0) is 4.79 Å². The Balaban J connectivity index is 1.86. The van der Waals surface area contributed by atoms with Gasteiger partial charge in [-0.05, 0) is 29.7 Å². The summed E-state index contributed by atoms with van der Waals surface area (Å²) < 4.78 is 0. The number of nitrogens with zero attached hydrogens (tertiary/aromatic N) is 2. The van der Waals surface area contributed by atoms with Crippen molar-refractivity contribution in [3.05, 3.63) is 48.0 Å². The molecule has 2 aromatic rings. The fourth-order valence-corrected chi connectivity index (χ4v) is 3.31. The zero-order valence-electron chi connectivity index (χ0n) is 13.7. The van der Waals surface area contributed by atoms with E-state index in [1.807, 2.05) is 47.4 Å². The lowest BCUT2D eigenvalue weighted by molar-refractivity contribution is -0.134. The highest BCUT2D eigenvalue weighted by molar-refractivity contribution is 6.07. The number of fused-ring (bicyclic) bond motifs is 1. The topological polar surface area (TPSA) is 40.6 Å². The first-order chi connectivity index (χ1) is 11.1. The highest BCUT2D eigenvalue weighted by Gasteiger charge is 2.30. The normalized spacial score (nSPS) is 18.0. The number of carbonyl (C=O) groups excluding carboxylic acids is 2. The largest absolute Gasteiger partial charge is 0.349 e. The van der Waals surface area contributed by atoms with E-state index in [4.69, 9.17) is 0 Å². The van der Waals surface area contributed by atoms with E-state index in [0.29, 0.717) is 6.54 Å². The molecule has 4 nitrogen and oxygen atoms in total. The summed E-state index contributed by atoms with van der Waals surface area (Å²) in [6.07, 6.45) is 1.73. The number of amides is 2. The highest BCUT2D eigenvalue weighted by Crippen LogP contribution is 2.24. The van der Waals surface area contributed by atoms with Gasteiger partial charge in [-0.25, -0.2) is 0 Å². The summed E-state index contributed by atoms with van der Waals surface area (Å²) in [5.74, 6) is 0.0520. The smallest absolute Gasteiger partial charge is 0.254 e. The molecule has 1 aliphatic rings. The van der Waals surface area contributed by atoms with Crippen LogP contribution in [0, 0.1) is 5.92 Å². The number of benzene rings is 2. The van der Waals surface area contributed by atoms with E-state index in [1.54, 1.807) is 19.0 Å². The van der Waals surface area contributed by atoms with E-state index in [1.165, 1.54) is 0 Å². The second-order valence-electron chi connectivity index (χ2n) is 6.35. The number of piperidine rings is 1. The van der Waals surface area contributed by atoms with Gasteiger partial charge in [0.1, 0.15) is 0 Å². The van der Waals surface area contributed by atoms with E-state index in [9.17, 15) is 9.59 Å². The van der Waals surface area contributed by atoms with Crippen molar-refractivity contribution in [2.24, 2.45) is 5.92 Å². The zero-order chi connectivity index (χ0) is 16.4. The van der Waals surface area contributed by atoms with E-state index in [0.717, 1.165) is 35.7 Å². The maximum atomic E-state index is 13.0. The first kappa shape index (κ1) is 15.5. The van der Waals surface area contributed by atoms with Crippen molar-refractivity contribution in [1.82, 2.24) is 9.80 Å². The predicted octanol–water partition coefficient (Wildman–Crippen LogP) is 2.78. The molecule has 2 aromatic carbocycles. The first-order valence-electron chi connectivity index (χ1n) is 8.06. The minimum absolute atomic E-state index is 0.0260. The molecule has 0 saturated carbocycles. The Hall–Kier alpha value is -2.36. The molecular weight excluding hydrogens is 288 g/mol. The van der Waals surface area contributed by atoms with Gasteiger partial charge in [-0.2, -0.15) is 0 Å². The third kappa shape index (κ3) is 3.07. The maximum absolute atomic E-state index is 13.0. The van der Waals surface area contributed by atoms with Crippen LogP contribution in [0.2, 0.25) is 0 Å². The number of hydrogen-bond acceptors (Lipinski definition) is 2. The van der Waals surface area contributed by atoms with Crippen LogP contribution in [0.15, 0.2) is 42.5 Å². The van der Waals surface area contributed by atoms with Crippen molar-refractivity contribution in [3.63, 3.8) is 0 Å². The Kier molecular flexibility index (Phi) is 4.33. The van der Waals surface area contributed by atoms with Crippen LogP contribution in [0.25, 0.3) is 10.8 Å². The van der Waals surface area contributed by atoms with Gasteiger partial charge in [0, 0.05) is 32.7 Å². The van der Waals surface area contributed by atoms with Crippen LogP contribution in [-0.4, -0.2) is 48.8 Å². The Morgan fingerprint density at radius 3 is 2.61 bits per heavy atom. The van der Waals surface area contributed by atoms with Gasteiger partial charge >= 0.3 is 0 Å². The van der Waals surface area contributed by atoms with Gasteiger partial charge in [0.25, 0.3) is 5.91 Å². The average Bonchev–Trinajstić information content (AvgIpc) is 2.60. The average molecular weight is 310 g/mol.